The fourth-order valence-electron chi connectivity index (χ4n) is 4.21. The number of carbonyl (C=O) groups excluding carboxylic acids is 1. The van der Waals surface area contributed by atoms with Gasteiger partial charge in [-0.1, -0.05) is 13.3 Å². The zero-order valence-electron chi connectivity index (χ0n) is 18.0. The molecule has 1 aliphatic carbocycles. The molecule has 0 spiro atoms. The molecule has 0 aliphatic heterocycles. The van der Waals surface area contributed by atoms with Crippen LogP contribution in [0.1, 0.15) is 70.8 Å². The second kappa shape index (κ2) is 9.17. The number of carbonyl (C=O) groups is 1. The number of benzene rings is 1. The zero-order chi connectivity index (χ0) is 22.1. The van der Waals surface area contributed by atoms with Gasteiger partial charge in [-0.3, -0.25) is 0 Å². The van der Waals surface area contributed by atoms with Crippen molar-refractivity contribution in [3.05, 3.63) is 43.4 Å². The molecule has 2 aromatic heterocycles. The minimum absolute atomic E-state index is 0.130. The van der Waals surface area contributed by atoms with E-state index in [4.69, 9.17) is 14.1 Å². The molecule has 0 saturated heterocycles. The summed E-state index contributed by atoms with van der Waals surface area (Å²) >= 11 is 4.95. The molecule has 0 saturated carbocycles. The van der Waals surface area contributed by atoms with E-state index in [1.807, 2.05) is 13.0 Å². The average Bonchev–Trinajstić information content (AvgIpc) is 3.26. The van der Waals surface area contributed by atoms with Crippen LogP contribution in [0.15, 0.2) is 19.9 Å². The fourth-order valence-corrected chi connectivity index (χ4v) is 5.87. The van der Waals surface area contributed by atoms with Crippen molar-refractivity contribution in [3.63, 3.8) is 0 Å². The lowest BCUT2D eigenvalue weighted by atomic mass is 9.94. The van der Waals surface area contributed by atoms with Crippen LogP contribution in [0.5, 0.6) is 5.75 Å². The fraction of sp³-hybridized carbons (Fsp3) is 0.417. The number of hydrogen-bond acceptors (Lipinski definition) is 6. The monoisotopic (exact) mass is 503 g/mol. The topological polar surface area (TPSA) is 72.0 Å². The van der Waals surface area contributed by atoms with Crippen molar-refractivity contribution in [1.29, 1.82) is 0 Å². The summed E-state index contributed by atoms with van der Waals surface area (Å²) in [7, 11) is 0. The van der Waals surface area contributed by atoms with Crippen molar-refractivity contribution < 1.29 is 19.1 Å². The Labute approximate surface area is 194 Å². The highest BCUT2D eigenvalue weighted by Crippen LogP contribution is 2.42. The summed E-state index contributed by atoms with van der Waals surface area (Å²) in [5.74, 6) is 0.776. The second-order valence-corrected chi connectivity index (χ2v) is 9.70. The Balaban J connectivity index is 1.85. The number of halogens is 1. The maximum absolute atomic E-state index is 12.6. The maximum atomic E-state index is 12.6. The van der Waals surface area contributed by atoms with Crippen LogP contribution in [0.25, 0.3) is 11.0 Å². The number of aromatic hydroxyl groups is 1. The molecule has 164 valence electrons. The molecule has 31 heavy (non-hydrogen) atoms. The lowest BCUT2D eigenvalue weighted by molar-refractivity contribution is 0.0527. The third-order valence-electron chi connectivity index (χ3n) is 5.70. The van der Waals surface area contributed by atoms with E-state index >= 15 is 0 Å². The lowest BCUT2D eigenvalue weighted by Gasteiger charge is -2.10. The van der Waals surface area contributed by atoms with E-state index in [0.717, 1.165) is 71.3 Å². The standard InChI is InChI=1S/C24H26BrNO4S/c1-4-8-19-13(3)20(24(28)29-5-2)23(31-19)26-12-15-21-14-9-6-7-10-17(14)30-18(21)11-16(25)22(15)27/h11-12,27H,4-10H2,1-3H3. The predicted molar refractivity (Wildman–Crippen MR) is 128 cm³/mol. The predicted octanol–water partition coefficient (Wildman–Crippen LogP) is 7.03. The summed E-state index contributed by atoms with van der Waals surface area (Å²) in [6, 6.07) is 1.82. The molecule has 0 amide bonds. The summed E-state index contributed by atoms with van der Waals surface area (Å²) in [6.07, 6.45) is 7.60. The summed E-state index contributed by atoms with van der Waals surface area (Å²) in [5.41, 5.74) is 3.98. The first kappa shape index (κ1) is 22.1. The van der Waals surface area contributed by atoms with Crippen molar-refractivity contribution in [1.82, 2.24) is 0 Å². The zero-order valence-corrected chi connectivity index (χ0v) is 20.4. The van der Waals surface area contributed by atoms with E-state index in [1.54, 1.807) is 13.1 Å². The number of aryl methyl sites for hydroxylation is 3. The number of furan rings is 1. The molecule has 7 heteroatoms. The highest BCUT2D eigenvalue weighted by atomic mass is 79.9. The Kier molecular flexibility index (Phi) is 6.53. The van der Waals surface area contributed by atoms with E-state index in [0.29, 0.717) is 27.2 Å². The Bertz CT molecular complexity index is 1170. The maximum Gasteiger partial charge on any atom is 0.341 e. The van der Waals surface area contributed by atoms with Crippen molar-refractivity contribution in [2.75, 3.05) is 6.61 Å². The van der Waals surface area contributed by atoms with Crippen LogP contribution in [-0.2, 0) is 24.0 Å². The summed E-state index contributed by atoms with van der Waals surface area (Å²) < 4.78 is 11.9. The van der Waals surface area contributed by atoms with Crippen LogP contribution >= 0.6 is 27.3 Å². The number of nitrogens with zero attached hydrogens (tertiary/aromatic N) is 1. The number of fused-ring (bicyclic) bond motifs is 3. The SMILES string of the molecule is CCCc1sc(N=Cc2c(O)c(Br)cc3oc4c(c23)CCCC4)c(C(=O)OCC)c1C. The highest BCUT2D eigenvalue weighted by Gasteiger charge is 2.24. The second-order valence-electron chi connectivity index (χ2n) is 7.76. The molecule has 3 aromatic rings. The number of aliphatic imine (C=N–C) groups is 1. The minimum Gasteiger partial charge on any atom is -0.506 e. The van der Waals surface area contributed by atoms with Gasteiger partial charge in [0.2, 0.25) is 0 Å². The van der Waals surface area contributed by atoms with E-state index in [9.17, 15) is 9.90 Å². The Morgan fingerprint density at radius 2 is 2.13 bits per heavy atom. The molecule has 1 aromatic carbocycles. The Morgan fingerprint density at radius 3 is 2.87 bits per heavy atom. The molecule has 5 nitrogen and oxygen atoms in total. The molecule has 2 heterocycles. The Hall–Kier alpha value is -2.12. The molecule has 0 fully saturated rings. The highest BCUT2D eigenvalue weighted by molar-refractivity contribution is 9.10. The smallest absolute Gasteiger partial charge is 0.341 e. The number of rotatable bonds is 6. The molecule has 0 radical (unpaired) electrons. The quantitative estimate of drug-likeness (QED) is 0.289. The Morgan fingerprint density at radius 1 is 1.35 bits per heavy atom. The number of thiophene rings is 1. The van der Waals surface area contributed by atoms with Gasteiger partial charge in [-0.05, 0) is 67.1 Å². The van der Waals surface area contributed by atoms with Crippen LogP contribution in [0.3, 0.4) is 0 Å². The van der Waals surface area contributed by atoms with Gasteiger partial charge in [0, 0.05) is 34.0 Å². The lowest BCUT2D eigenvalue weighted by Crippen LogP contribution is -2.05. The van der Waals surface area contributed by atoms with E-state index < -0.39 is 0 Å². The van der Waals surface area contributed by atoms with Gasteiger partial charge < -0.3 is 14.3 Å². The van der Waals surface area contributed by atoms with Crippen molar-refractivity contribution in [2.45, 2.75) is 59.3 Å². The van der Waals surface area contributed by atoms with Gasteiger partial charge in [-0.15, -0.1) is 11.3 Å². The molecule has 0 unspecified atom stereocenters. The largest absolute Gasteiger partial charge is 0.506 e. The van der Waals surface area contributed by atoms with Gasteiger partial charge in [0.15, 0.2) is 0 Å². The molecule has 1 N–H and O–H groups in total. The molecular formula is C24H26BrNO4S. The van der Waals surface area contributed by atoms with Gasteiger partial charge in [-0.2, -0.15) is 0 Å². The van der Waals surface area contributed by atoms with Crippen LogP contribution in [-0.4, -0.2) is 23.9 Å². The van der Waals surface area contributed by atoms with Crippen molar-refractivity contribution >= 4 is 55.4 Å². The first-order chi connectivity index (χ1) is 15.0. The van der Waals surface area contributed by atoms with Gasteiger partial charge in [-0.25, -0.2) is 9.79 Å². The number of esters is 1. The molecule has 0 bridgehead atoms. The summed E-state index contributed by atoms with van der Waals surface area (Å²) in [6.45, 7) is 6.18. The number of phenols is 1. The van der Waals surface area contributed by atoms with Gasteiger partial charge in [0.25, 0.3) is 0 Å². The van der Waals surface area contributed by atoms with Gasteiger partial charge in [0.1, 0.15) is 22.1 Å². The van der Waals surface area contributed by atoms with Crippen LogP contribution < -0.4 is 0 Å². The summed E-state index contributed by atoms with van der Waals surface area (Å²) in [4.78, 5) is 18.5. The number of hydrogen-bond donors (Lipinski definition) is 1. The average molecular weight is 504 g/mol. The molecular weight excluding hydrogens is 478 g/mol. The normalized spacial score (nSPS) is 13.8. The van der Waals surface area contributed by atoms with Crippen LogP contribution in [0, 0.1) is 6.92 Å². The van der Waals surface area contributed by atoms with E-state index in [1.165, 1.54) is 11.3 Å². The molecule has 4 rings (SSSR count). The van der Waals surface area contributed by atoms with Crippen molar-refractivity contribution in [2.24, 2.45) is 4.99 Å². The summed E-state index contributed by atoms with van der Waals surface area (Å²) in [5, 5.41) is 12.4. The molecule has 1 aliphatic rings. The molecule has 0 atom stereocenters. The number of phenolic OH excluding ortho intramolecular Hbond substituents is 1. The van der Waals surface area contributed by atoms with Crippen molar-refractivity contribution in [3.8, 4) is 5.75 Å². The van der Waals surface area contributed by atoms with Gasteiger partial charge in [0.05, 0.1) is 16.6 Å². The third kappa shape index (κ3) is 4.05. The van der Waals surface area contributed by atoms with E-state index in [2.05, 4.69) is 22.9 Å². The van der Waals surface area contributed by atoms with Crippen LogP contribution in [0.4, 0.5) is 5.00 Å². The van der Waals surface area contributed by atoms with Gasteiger partial charge >= 0.3 is 5.97 Å². The first-order valence-corrected chi connectivity index (χ1v) is 12.4. The number of ether oxygens (including phenoxy) is 1. The van der Waals surface area contributed by atoms with E-state index in [-0.39, 0.29) is 11.7 Å². The van der Waals surface area contributed by atoms with Crippen LogP contribution in [0.2, 0.25) is 0 Å². The first-order valence-electron chi connectivity index (χ1n) is 10.7. The third-order valence-corrected chi connectivity index (χ3v) is 7.57. The minimum atomic E-state index is -0.352.